The fourth-order valence-corrected chi connectivity index (χ4v) is 2.43. The number of carbonyl (C=O) groups excluding carboxylic acids is 1. The van der Waals surface area contributed by atoms with Gasteiger partial charge in [-0.25, -0.2) is 0 Å². The van der Waals surface area contributed by atoms with Crippen molar-refractivity contribution in [2.75, 3.05) is 12.4 Å². The van der Waals surface area contributed by atoms with Crippen molar-refractivity contribution < 1.29 is 13.9 Å². The minimum Gasteiger partial charge on any atom is -0.497 e. The number of hydrogen-bond acceptors (Lipinski definition) is 3. The van der Waals surface area contributed by atoms with Crippen molar-refractivity contribution in [3.05, 3.63) is 72.5 Å². The van der Waals surface area contributed by atoms with E-state index in [4.69, 9.17) is 9.15 Å². The van der Waals surface area contributed by atoms with E-state index >= 15 is 0 Å². The number of ether oxygens (including phenoxy) is 1. The third-order valence-electron chi connectivity index (χ3n) is 3.67. The van der Waals surface area contributed by atoms with E-state index in [0.717, 1.165) is 22.8 Å². The van der Waals surface area contributed by atoms with E-state index < -0.39 is 0 Å². The van der Waals surface area contributed by atoms with Gasteiger partial charge in [-0.05, 0) is 24.3 Å². The maximum atomic E-state index is 12.1. The molecule has 2 aromatic carbocycles. The summed E-state index contributed by atoms with van der Waals surface area (Å²) in [5.74, 6) is 2.28. The Balaban J connectivity index is 1.56. The molecule has 0 atom stereocenters. The number of furan rings is 1. The molecule has 0 spiro atoms. The Morgan fingerprint density at radius 3 is 2.67 bits per heavy atom. The molecule has 0 saturated carbocycles. The smallest absolute Gasteiger partial charge is 0.224 e. The van der Waals surface area contributed by atoms with Crippen molar-refractivity contribution in [1.29, 1.82) is 0 Å². The lowest BCUT2D eigenvalue weighted by Gasteiger charge is -2.06. The maximum Gasteiger partial charge on any atom is 0.224 e. The van der Waals surface area contributed by atoms with Crippen LogP contribution in [0.15, 0.2) is 71.1 Å². The lowest BCUT2D eigenvalue weighted by molar-refractivity contribution is -0.116. The van der Waals surface area contributed by atoms with E-state index in [1.165, 1.54) is 0 Å². The standard InChI is InChI=1S/C20H19NO3/c1-23-18-9-5-8-16(14-18)21-20(22)13-11-17-10-12-19(24-17)15-6-3-2-4-7-15/h2-10,12,14H,11,13H2,1H3,(H,21,22). The van der Waals surface area contributed by atoms with Crippen LogP contribution in [0.3, 0.4) is 0 Å². The van der Waals surface area contributed by atoms with Gasteiger partial charge in [-0.15, -0.1) is 0 Å². The summed E-state index contributed by atoms with van der Waals surface area (Å²) in [4.78, 5) is 12.1. The van der Waals surface area contributed by atoms with E-state index in [0.29, 0.717) is 18.6 Å². The Kier molecular flexibility index (Phi) is 4.96. The average Bonchev–Trinajstić information content (AvgIpc) is 3.10. The summed E-state index contributed by atoms with van der Waals surface area (Å²) in [6.07, 6.45) is 0.918. The van der Waals surface area contributed by atoms with Crippen LogP contribution in [0.25, 0.3) is 11.3 Å². The monoisotopic (exact) mass is 321 g/mol. The summed E-state index contributed by atoms with van der Waals surface area (Å²) in [6.45, 7) is 0. The third kappa shape index (κ3) is 4.04. The van der Waals surface area contributed by atoms with Crippen LogP contribution in [-0.2, 0) is 11.2 Å². The predicted octanol–water partition coefficient (Wildman–Crippen LogP) is 4.53. The van der Waals surface area contributed by atoms with Crippen molar-refractivity contribution in [3.63, 3.8) is 0 Å². The molecule has 3 aromatic rings. The molecule has 0 aliphatic rings. The molecule has 4 nitrogen and oxygen atoms in total. The molecule has 0 saturated heterocycles. The molecule has 0 unspecified atom stereocenters. The van der Waals surface area contributed by atoms with Crippen molar-refractivity contribution in [2.24, 2.45) is 0 Å². The molecule has 0 aliphatic heterocycles. The minimum atomic E-state index is -0.0547. The van der Waals surface area contributed by atoms with Gasteiger partial charge in [0.2, 0.25) is 5.91 Å². The van der Waals surface area contributed by atoms with E-state index in [2.05, 4.69) is 5.32 Å². The molecular formula is C20H19NO3. The molecule has 0 bridgehead atoms. The van der Waals surface area contributed by atoms with Crippen LogP contribution in [-0.4, -0.2) is 13.0 Å². The number of aryl methyl sites for hydroxylation is 1. The largest absolute Gasteiger partial charge is 0.497 e. The molecule has 1 aromatic heterocycles. The van der Waals surface area contributed by atoms with Crippen LogP contribution in [0.4, 0.5) is 5.69 Å². The molecule has 122 valence electrons. The van der Waals surface area contributed by atoms with Gasteiger partial charge in [0, 0.05) is 30.2 Å². The third-order valence-corrected chi connectivity index (χ3v) is 3.67. The topological polar surface area (TPSA) is 51.5 Å². The first-order chi connectivity index (χ1) is 11.7. The van der Waals surface area contributed by atoms with Crippen LogP contribution in [0.2, 0.25) is 0 Å². The lowest BCUT2D eigenvalue weighted by atomic mass is 10.2. The number of hydrogen-bond donors (Lipinski definition) is 1. The Morgan fingerprint density at radius 2 is 1.88 bits per heavy atom. The molecule has 4 heteroatoms. The van der Waals surface area contributed by atoms with Crippen LogP contribution >= 0.6 is 0 Å². The van der Waals surface area contributed by atoms with Gasteiger partial charge in [-0.2, -0.15) is 0 Å². The normalized spacial score (nSPS) is 10.4. The van der Waals surface area contributed by atoms with Gasteiger partial charge < -0.3 is 14.5 Å². The highest BCUT2D eigenvalue weighted by atomic mass is 16.5. The molecule has 1 heterocycles. The van der Waals surface area contributed by atoms with Gasteiger partial charge in [0.1, 0.15) is 17.3 Å². The number of rotatable bonds is 6. The van der Waals surface area contributed by atoms with Crippen LogP contribution in [0.1, 0.15) is 12.2 Å². The first-order valence-electron chi connectivity index (χ1n) is 7.82. The second-order valence-electron chi connectivity index (χ2n) is 5.41. The summed E-state index contributed by atoms with van der Waals surface area (Å²) in [6, 6.07) is 21.1. The number of nitrogens with one attached hydrogen (secondary N) is 1. The summed E-state index contributed by atoms with van der Waals surface area (Å²) >= 11 is 0. The molecule has 0 fully saturated rings. The minimum absolute atomic E-state index is 0.0547. The Bertz CT molecular complexity index is 809. The van der Waals surface area contributed by atoms with Gasteiger partial charge in [0.25, 0.3) is 0 Å². The predicted molar refractivity (Wildman–Crippen MR) is 94.1 cm³/mol. The highest BCUT2D eigenvalue weighted by Gasteiger charge is 2.08. The highest BCUT2D eigenvalue weighted by molar-refractivity contribution is 5.91. The zero-order valence-electron chi connectivity index (χ0n) is 13.5. The Morgan fingerprint density at radius 1 is 1.04 bits per heavy atom. The van der Waals surface area contributed by atoms with Crippen LogP contribution in [0, 0.1) is 0 Å². The average molecular weight is 321 g/mol. The van der Waals surface area contributed by atoms with Crippen molar-refractivity contribution in [3.8, 4) is 17.1 Å². The molecule has 1 amide bonds. The van der Waals surface area contributed by atoms with E-state index in [1.807, 2.05) is 60.7 Å². The van der Waals surface area contributed by atoms with Crippen LogP contribution < -0.4 is 10.1 Å². The fraction of sp³-hybridized carbons (Fsp3) is 0.150. The number of methoxy groups -OCH3 is 1. The van der Waals surface area contributed by atoms with Gasteiger partial charge in [0.05, 0.1) is 7.11 Å². The number of amides is 1. The van der Waals surface area contributed by atoms with Crippen molar-refractivity contribution in [1.82, 2.24) is 0 Å². The molecule has 0 radical (unpaired) electrons. The Hall–Kier alpha value is -3.01. The van der Waals surface area contributed by atoms with Gasteiger partial charge >= 0.3 is 0 Å². The number of carbonyl (C=O) groups is 1. The second-order valence-corrected chi connectivity index (χ2v) is 5.41. The number of anilines is 1. The molecular weight excluding hydrogens is 302 g/mol. The fourth-order valence-electron chi connectivity index (χ4n) is 2.43. The van der Waals surface area contributed by atoms with Gasteiger partial charge in [-0.1, -0.05) is 36.4 Å². The highest BCUT2D eigenvalue weighted by Crippen LogP contribution is 2.22. The van der Waals surface area contributed by atoms with E-state index in [-0.39, 0.29) is 5.91 Å². The first-order valence-corrected chi connectivity index (χ1v) is 7.82. The SMILES string of the molecule is COc1cccc(NC(=O)CCc2ccc(-c3ccccc3)o2)c1. The first kappa shape index (κ1) is 15.9. The summed E-state index contributed by atoms with van der Waals surface area (Å²) < 4.78 is 11.0. The van der Waals surface area contributed by atoms with E-state index in [9.17, 15) is 4.79 Å². The van der Waals surface area contributed by atoms with Crippen molar-refractivity contribution in [2.45, 2.75) is 12.8 Å². The van der Waals surface area contributed by atoms with Crippen LogP contribution in [0.5, 0.6) is 5.75 Å². The lowest BCUT2D eigenvalue weighted by Crippen LogP contribution is -2.12. The van der Waals surface area contributed by atoms with Gasteiger partial charge in [-0.3, -0.25) is 4.79 Å². The zero-order chi connectivity index (χ0) is 16.8. The van der Waals surface area contributed by atoms with Gasteiger partial charge in [0.15, 0.2) is 0 Å². The summed E-state index contributed by atoms with van der Waals surface area (Å²) in [5, 5.41) is 2.86. The Labute approximate surface area is 141 Å². The summed E-state index contributed by atoms with van der Waals surface area (Å²) in [5.41, 5.74) is 1.76. The van der Waals surface area contributed by atoms with Crippen molar-refractivity contribution >= 4 is 11.6 Å². The molecule has 3 rings (SSSR count). The molecule has 1 N–H and O–H groups in total. The molecule has 24 heavy (non-hydrogen) atoms. The zero-order valence-corrected chi connectivity index (χ0v) is 13.5. The number of benzene rings is 2. The molecule has 0 aliphatic carbocycles. The maximum absolute atomic E-state index is 12.1. The summed E-state index contributed by atoms with van der Waals surface area (Å²) in [7, 11) is 1.60. The van der Waals surface area contributed by atoms with E-state index in [1.54, 1.807) is 13.2 Å². The quantitative estimate of drug-likeness (QED) is 0.726. The second kappa shape index (κ2) is 7.51.